The van der Waals surface area contributed by atoms with Crippen LogP contribution >= 0.6 is 61.7 Å². The molecule has 0 spiro atoms. The molecular weight excluding hydrogens is 717 g/mol. The van der Waals surface area contributed by atoms with Gasteiger partial charge in [0.1, 0.15) is 0 Å². The molecule has 4 nitrogen and oxygen atoms in total. The zero-order valence-corrected chi connectivity index (χ0v) is 18.7. The van der Waals surface area contributed by atoms with Gasteiger partial charge in [-0.1, -0.05) is 28.1 Å². The van der Waals surface area contributed by atoms with Gasteiger partial charge in [0.2, 0.25) is 0 Å². The van der Waals surface area contributed by atoms with Gasteiger partial charge in [0.25, 0.3) is 0 Å². The van der Waals surface area contributed by atoms with Gasteiger partial charge >= 0.3 is 59.6 Å². The molecule has 1 aliphatic rings. The van der Waals surface area contributed by atoms with E-state index in [1.807, 2.05) is 12.1 Å². The zero-order valence-electron chi connectivity index (χ0n) is 10.5. The minimum absolute atomic E-state index is 0.971. The molecule has 2 rings (SSSR count). The van der Waals surface area contributed by atoms with Crippen molar-refractivity contribution in [3.63, 3.8) is 0 Å². The molecule has 0 bridgehead atoms. The molecule has 110 valence electrons. The molecule has 0 unspecified atom stereocenters. The van der Waals surface area contributed by atoms with E-state index >= 15 is 0 Å². The summed E-state index contributed by atoms with van der Waals surface area (Å²) in [7, 11) is 4.07. The molecule has 1 saturated heterocycles. The first kappa shape index (κ1) is 18.6. The fraction of sp³-hybridized carbons (Fsp3) is 0.364. The van der Waals surface area contributed by atoms with Crippen molar-refractivity contribution < 1.29 is 19.4 Å². The van der Waals surface area contributed by atoms with Gasteiger partial charge in [0.05, 0.1) is 0 Å². The Morgan fingerprint density at radius 3 is 2.21 bits per heavy atom. The van der Waals surface area contributed by atoms with Crippen LogP contribution in [0.3, 0.4) is 0 Å². The second kappa shape index (κ2) is 9.55. The first-order chi connectivity index (χ1) is 8.88. The second-order valence-corrected chi connectivity index (χ2v) is 10.2. The molecule has 0 amide bonds. The standard InChI is InChI=1S/C7H6BrI2N.C4H9N3.Pt/c8-7-3-1-6(2-4-7)5-11(9)10;1-6-3-5-7(2)4-6;/h1-4H,5H2;5H,4H2,1-2H3;. The molecule has 0 aromatic heterocycles. The number of nitrogens with zero attached hydrogens (tertiary/aromatic N) is 3. The van der Waals surface area contributed by atoms with Crippen LogP contribution in [0.15, 0.2) is 28.7 Å². The van der Waals surface area contributed by atoms with Crippen LogP contribution in [0.5, 0.6) is 0 Å². The molecule has 1 fully saturated rings. The molecule has 1 aromatic rings. The number of benzene rings is 1. The molecule has 1 aliphatic heterocycles. The van der Waals surface area contributed by atoms with Crippen LogP contribution in [0, 0.1) is 0 Å². The van der Waals surface area contributed by atoms with Crippen LogP contribution in [0.2, 0.25) is 0 Å². The molecule has 0 saturated carbocycles. The van der Waals surface area contributed by atoms with Crippen molar-refractivity contribution in [2.24, 2.45) is 0 Å². The Labute approximate surface area is 161 Å². The van der Waals surface area contributed by atoms with E-state index in [1.165, 1.54) is 9.71 Å². The predicted molar refractivity (Wildman–Crippen MR) is 96.3 cm³/mol. The SMILES string of the molecule is Brc1ccc(CN(I)I)cc1.CN1CN(C)[C](=[Pt])N1. The molecule has 1 heterocycles. The minimum atomic E-state index is 0.971. The van der Waals surface area contributed by atoms with Gasteiger partial charge in [-0.25, -0.2) is 0 Å². The Morgan fingerprint density at radius 1 is 1.32 bits per heavy atom. The van der Waals surface area contributed by atoms with E-state index < -0.39 is 0 Å². The normalized spacial score (nSPS) is 16.7. The van der Waals surface area contributed by atoms with E-state index in [4.69, 9.17) is 0 Å². The Balaban J connectivity index is 0.000000200. The topological polar surface area (TPSA) is 21.8 Å². The van der Waals surface area contributed by atoms with E-state index in [2.05, 4.69) is 124 Å². The summed E-state index contributed by atoms with van der Waals surface area (Å²) < 4.78 is 4.42. The number of halogens is 3. The number of nitrogens with one attached hydrogen (secondary N) is 1. The van der Waals surface area contributed by atoms with Crippen molar-refractivity contribution >= 4 is 65.8 Å². The van der Waals surface area contributed by atoms with E-state index in [9.17, 15) is 0 Å². The van der Waals surface area contributed by atoms with E-state index in [0.29, 0.717) is 0 Å². The van der Waals surface area contributed by atoms with E-state index in [0.717, 1.165) is 17.7 Å². The quantitative estimate of drug-likeness (QED) is 0.374. The van der Waals surface area contributed by atoms with Gasteiger partial charge in [-0.05, 0) is 17.7 Å². The number of hydrogen-bond acceptors (Lipinski definition) is 4. The van der Waals surface area contributed by atoms with Crippen molar-refractivity contribution in [3.05, 3.63) is 34.3 Å². The Bertz CT molecular complexity index is 416. The van der Waals surface area contributed by atoms with Crippen molar-refractivity contribution in [2.45, 2.75) is 6.54 Å². The maximum absolute atomic E-state index is 3.39. The van der Waals surface area contributed by atoms with Crippen LogP contribution in [-0.2, 0) is 25.9 Å². The summed E-state index contributed by atoms with van der Waals surface area (Å²) in [5.41, 5.74) is 4.46. The first-order valence-electron chi connectivity index (χ1n) is 5.40. The molecule has 8 heteroatoms. The van der Waals surface area contributed by atoms with Gasteiger partial charge < -0.3 is 0 Å². The van der Waals surface area contributed by atoms with Crippen molar-refractivity contribution in [2.75, 3.05) is 20.8 Å². The van der Waals surface area contributed by atoms with Crippen LogP contribution in [-0.4, -0.2) is 36.1 Å². The average molecular weight is 732 g/mol. The Hall–Kier alpha value is 1.56. The Morgan fingerprint density at radius 2 is 1.89 bits per heavy atom. The summed E-state index contributed by atoms with van der Waals surface area (Å²) in [4.78, 5) is 2.14. The summed E-state index contributed by atoms with van der Waals surface area (Å²) >= 11 is 10.2. The molecule has 0 aliphatic carbocycles. The third-order valence-electron chi connectivity index (χ3n) is 2.23. The predicted octanol–water partition coefficient (Wildman–Crippen LogP) is 2.91. The summed E-state index contributed by atoms with van der Waals surface area (Å²) in [6.07, 6.45) is 0. The van der Waals surface area contributed by atoms with Gasteiger partial charge in [-0.2, -0.15) is 1.33 Å². The summed E-state index contributed by atoms with van der Waals surface area (Å²) in [5.74, 6) is 0. The van der Waals surface area contributed by atoms with Gasteiger partial charge in [-0.15, -0.1) is 0 Å². The second-order valence-electron chi connectivity index (χ2n) is 4.00. The fourth-order valence-electron chi connectivity index (χ4n) is 1.37. The van der Waals surface area contributed by atoms with Crippen LogP contribution < -0.4 is 5.43 Å². The van der Waals surface area contributed by atoms with Crippen molar-refractivity contribution in [3.8, 4) is 0 Å². The number of hydrazine groups is 1. The average Bonchev–Trinajstić information content (AvgIpc) is 2.60. The van der Waals surface area contributed by atoms with E-state index in [1.54, 1.807) is 0 Å². The van der Waals surface area contributed by atoms with Crippen LogP contribution in [0.1, 0.15) is 5.56 Å². The maximum atomic E-state index is 3.39. The first-order valence-corrected chi connectivity index (χ1v) is 9.26. The van der Waals surface area contributed by atoms with Crippen molar-refractivity contribution in [1.29, 1.82) is 0 Å². The molecule has 19 heavy (non-hydrogen) atoms. The monoisotopic (exact) mass is 731 g/mol. The van der Waals surface area contributed by atoms with Gasteiger partial charge in [0, 0.05) is 56.7 Å². The molecular formula is C11H15BrI2N4Pt. The fourth-order valence-corrected chi connectivity index (χ4v) is 3.02. The van der Waals surface area contributed by atoms with Crippen LogP contribution in [0.25, 0.3) is 0 Å². The molecule has 0 atom stereocenters. The summed E-state index contributed by atoms with van der Waals surface area (Å²) in [6.45, 7) is 1.95. The zero-order chi connectivity index (χ0) is 14.4. The van der Waals surface area contributed by atoms with E-state index in [-0.39, 0.29) is 0 Å². The van der Waals surface area contributed by atoms with Crippen molar-refractivity contribution in [1.82, 2.24) is 16.7 Å². The Kier molecular flexibility index (Phi) is 9.35. The third kappa shape index (κ3) is 7.94. The number of rotatable bonds is 2. The summed E-state index contributed by atoms with van der Waals surface area (Å²) in [6, 6.07) is 8.36. The van der Waals surface area contributed by atoms with Gasteiger partial charge in [-0.3, -0.25) is 0 Å². The molecule has 1 aromatic carbocycles. The summed E-state index contributed by atoms with van der Waals surface area (Å²) in [5, 5.41) is 2.03. The number of hydrogen-bond donors (Lipinski definition) is 1. The van der Waals surface area contributed by atoms with Gasteiger partial charge in [0.15, 0.2) is 0 Å². The third-order valence-corrected chi connectivity index (χ3v) is 4.56. The molecule has 1 N–H and O–H groups in total. The molecule has 0 radical (unpaired) electrons. The van der Waals surface area contributed by atoms with Crippen LogP contribution in [0.4, 0.5) is 0 Å².